The fraction of sp³-hybridized carbons (Fsp3) is 0.833. The molecule has 0 aliphatic rings. The molecule has 0 heterocycles. The van der Waals surface area contributed by atoms with Crippen molar-refractivity contribution in [2.75, 3.05) is 19.8 Å². The van der Waals surface area contributed by atoms with Crippen LogP contribution in [0.3, 0.4) is 0 Å². The van der Waals surface area contributed by atoms with Crippen LogP contribution in [-0.2, 0) is 18.1 Å². The summed E-state index contributed by atoms with van der Waals surface area (Å²) in [4.78, 5) is 10.8. The summed E-state index contributed by atoms with van der Waals surface area (Å²) in [6, 6.07) is 0. The lowest BCUT2D eigenvalue weighted by atomic mass is 10.7. The van der Waals surface area contributed by atoms with E-state index in [4.69, 9.17) is 30.1 Å². The minimum atomic E-state index is -3.29. The summed E-state index contributed by atoms with van der Waals surface area (Å²) in [5.41, 5.74) is 5.05. The van der Waals surface area contributed by atoms with Crippen LogP contribution < -0.4 is 5.73 Å². The Morgan fingerprint density at radius 2 is 1.85 bits per heavy atom. The maximum atomic E-state index is 10.8. The van der Waals surface area contributed by atoms with Gasteiger partial charge in [-0.1, -0.05) is 11.1 Å². The maximum absolute atomic E-state index is 10.8. The largest absolute Gasteiger partial charge is 0.682 e. The number of hydrogen-bond donors (Lipinski definition) is 1. The number of rotatable bonds is 6. The molecule has 0 amide bonds. The number of halogens is 1. The molecule has 0 aromatic rings. The number of carbonyl (C=O) groups is 1. The van der Waals surface area contributed by atoms with Crippen LogP contribution in [0.4, 0.5) is 0 Å². The van der Waals surface area contributed by atoms with Crippen LogP contribution in [0.25, 0.3) is 0 Å². The van der Waals surface area contributed by atoms with Crippen molar-refractivity contribution < 1.29 is 18.1 Å². The Bertz CT molecular complexity index is 163. The average molecular weight is 228 g/mol. The molecule has 0 aliphatic heterocycles. The van der Waals surface area contributed by atoms with Crippen LogP contribution in [0, 0.1) is 0 Å². The van der Waals surface area contributed by atoms with Gasteiger partial charge < -0.3 is 19.0 Å². The Morgan fingerprint density at radius 1 is 1.38 bits per heavy atom. The number of hydrogen-bond acceptors (Lipinski definition) is 5. The summed E-state index contributed by atoms with van der Waals surface area (Å²) in [6.07, 6.45) is 0. The van der Waals surface area contributed by atoms with E-state index in [-0.39, 0.29) is 6.54 Å². The summed E-state index contributed by atoms with van der Waals surface area (Å²) in [5, 5.41) is 0. The van der Waals surface area contributed by atoms with Gasteiger partial charge in [0.1, 0.15) is 0 Å². The SMILES string of the molecule is CCO[Si](Cl)(OCC)OC(=O)CN. The molecule has 0 saturated carbocycles. The van der Waals surface area contributed by atoms with Gasteiger partial charge in [0.2, 0.25) is 0 Å². The number of nitrogens with two attached hydrogens (primary N) is 1. The first kappa shape index (κ1) is 12.9. The molecule has 78 valence electrons. The Kier molecular flexibility index (Phi) is 6.26. The van der Waals surface area contributed by atoms with Crippen LogP contribution in [0.15, 0.2) is 0 Å². The standard InChI is InChI=1S/C6H14ClNO4Si/c1-3-10-13(7,11-4-2)12-6(9)5-8/h3-5,8H2,1-2H3. The lowest BCUT2D eigenvalue weighted by molar-refractivity contribution is -0.136. The summed E-state index contributed by atoms with van der Waals surface area (Å²) >= 11 is 5.81. The number of carbonyl (C=O) groups excluding carboxylic acids is 1. The second-order valence-corrected chi connectivity index (χ2v) is 5.16. The van der Waals surface area contributed by atoms with E-state index in [1.165, 1.54) is 0 Å². The van der Waals surface area contributed by atoms with Crippen LogP contribution in [0.2, 0.25) is 0 Å². The Balaban J connectivity index is 4.13. The van der Waals surface area contributed by atoms with E-state index >= 15 is 0 Å². The topological polar surface area (TPSA) is 70.8 Å². The van der Waals surface area contributed by atoms with Crippen molar-refractivity contribution in [2.24, 2.45) is 5.73 Å². The van der Waals surface area contributed by atoms with Gasteiger partial charge in [-0.15, -0.1) is 0 Å². The fourth-order valence-corrected chi connectivity index (χ4v) is 2.78. The van der Waals surface area contributed by atoms with E-state index in [2.05, 4.69) is 0 Å². The molecular weight excluding hydrogens is 214 g/mol. The van der Waals surface area contributed by atoms with Gasteiger partial charge in [0.15, 0.2) is 0 Å². The maximum Gasteiger partial charge on any atom is 0.682 e. The molecule has 0 aliphatic carbocycles. The second kappa shape index (κ2) is 6.33. The normalized spacial score (nSPS) is 11.4. The van der Waals surface area contributed by atoms with Gasteiger partial charge in [-0.3, -0.25) is 4.79 Å². The van der Waals surface area contributed by atoms with Gasteiger partial charge in [-0.25, -0.2) is 0 Å². The first-order valence-corrected chi connectivity index (χ1v) is 6.70. The monoisotopic (exact) mass is 227 g/mol. The van der Waals surface area contributed by atoms with Crippen molar-refractivity contribution in [2.45, 2.75) is 13.8 Å². The summed E-state index contributed by atoms with van der Waals surface area (Å²) in [6.45, 7) is 3.89. The molecule has 0 fully saturated rings. The van der Waals surface area contributed by atoms with Crippen molar-refractivity contribution in [3.8, 4) is 0 Å². The predicted molar refractivity (Wildman–Crippen MR) is 50.0 cm³/mol. The van der Waals surface area contributed by atoms with Crippen molar-refractivity contribution in [3.63, 3.8) is 0 Å². The molecule has 2 N–H and O–H groups in total. The smallest absolute Gasteiger partial charge is 0.461 e. The van der Waals surface area contributed by atoms with E-state index in [0.29, 0.717) is 13.2 Å². The zero-order chi connectivity index (χ0) is 10.3. The molecule has 0 bridgehead atoms. The molecule has 0 unspecified atom stereocenters. The van der Waals surface area contributed by atoms with Crippen LogP contribution >= 0.6 is 11.1 Å². The zero-order valence-electron chi connectivity index (χ0n) is 7.71. The first-order chi connectivity index (χ1) is 6.08. The Labute approximate surface area is 83.2 Å². The Hall–Kier alpha value is -0.143. The molecule has 0 spiro atoms. The lowest BCUT2D eigenvalue weighted by Crippen LogP contribution is -2.43. The predicted octanol–water partition coefficient (Wildman–Crippen LogP) is 0.236. The van der Waals surface area contributed by atoms with E-state index in [1.54, 1.807) is 13.8 Å². The Morgan fingerprint density at radius 3 is 2.15 bits per heavy atom. The van der Waals surface area contributed by atoms with E-state index in [9.17, 15) is 4.79 Å². The van der Waals surface area contributed by atoms with Crippen LogP contribution in [-0.4, -0.2) is 33.8 Å². The molecule has 7 heteroatoms. The third kappa shape index (κ3) is 5.22. The molecular formula is C6H14ClNO4Si. The van der Waals surface area contributed by atoms with Crippen molar-refractivity contribution in [3.05, 3.63) is 0 Å². The highest BCUT2D eigenvalue weighted by molar-refractivity contribution is 7.09. The van der Waals surface area contributed by atoms with Gasteiger partial charge in [0, 0.05) is 13.2 Å². The zero-order valence-corrected chi connectivity index (χ0v) is 9.47. The molecule has 0 aromatic heterocycles. The highest BCUT2D eigenvalue weighted by atomic mass is 35.6. The van der Waals surface area contributed by atoms with Crippen LogP contribution in [0.5, 0.6) is 0 Å². The van der Waals surface area contributed by atoms with Crippen molar-refractivity contribution in [1.82, 2.24) is 0 Å². The molecule has 0 saturated heterocycles. The average Bonchev–Trinajstić information content (AvgIpc) is 2.04. The molecule has 13 heavy (non-hydrogen) atoms. The first-order valence-electron chi connectivity index (χ1n) is 3.96. The molecule has 0 radical (unpaired) electrons. The highest BCUT2D eigenvalue weighted by Gasteiger charge is 2.43. The molecule has 0 aromatic carbocycles. The third-order valence-electron chi connectivity index (χ3n) is 1.04. The summed E-state index contributed by atoms with van der Waals surface area (Å²) < 4.78 is 14.8. The van der Waals surface area contributed by atoms with Gasteiger partial charge >= 0.3 is 14.1 Å². The van der Waals surface area contributed by atoms with E-state index in [0.717, 1.165) is 0 Å². The molecule has 5 nitrogen and oxygen atoms in total. The summed E-state index contributed by atoms with van der Waals surface area (Å²) in [7, 11) is -3.29. The quantitative estimate of drug-likeness (QED) is 0.520. The van der Waals surface area contributed by atoms with Crippen molar-refractivity contribution >= 4 is 25.2 Å². The minimum Gasteiger partial charge on any atom is -0.461 e. The lowest BCUT2D eigenvalue weighted by Gasteiger charge is -2.20. The van der Waals surface area contributed by atoms with Crippen LogP contribution in [0.1, 0.15) is 13.8 Å². The van der Waals surface area contributed by atoms with Gasteiger partial charge in [-0.2, -0.15) is 0 Å². The fourth-order valence-electron chi connectivity index (χ4n) is 0.623. The highest BCUT2D eigenvalue weighted by Crippen LogP contribution is 2.14. The minimum absolute atomic E-state index is 0.235. The third-order valence-corrected chi connectivity index (χ3v) is 3.66. The van der Waals surface area contributed by atoms with E-state index in [1.807, 2.05) is 0 Å². The van der Waals surface area contributed by atoms with E-state index < -0.39 is 14.1 Å². The van der Waals surface area contributed by atoms with Gasteiger partial charge in [-0.05, 0) is 13.8 Å². The van der Waals surface area contributed by atoms with Gasteiger partial charge in [0.25, 0.3) is 0 Å². The molecule has 0 atom stereocenters. The second-order valence-electron chi connectivity index (χ2n) is 2.03. The van der Waals surface area contributed by atoms with Crippen molar-refractivity contribution in [1.29, 1.82) is 0 Å². The molecule has 0 rings (SSSR count). The summed E-state index contributed by atoms with van der Waals surface area (Å²) in [5.74, 6) is -0.622. The van der Waals surface area contributed by atoms with Gasteiger partial charge in [0.05, 0.1) is 6.54 Å².